The van der Waals surface area contributed by atoms with Gasteiger partial charge in [0.1, 0.15) is 5.75 Å². The minimum Gasteiger partial charge on any atom is -0.424 e. The van der Waals surface area contributed by atoms with Gasteiger partial charge in [-0.3, -0.25) is 0 Å². The first-order valence-corrected chi connectivity index (χ1v) is 6.24. The van der Waals surface area contributed by atoms with Crippen LogP contribution in [0.4, 0.5) is 5.95 Å². The first-order chi connectivity index (χ1) is 8.95. The number of rotatable bonds is 3. The number of nitrogens with zero attached hydrogens (tertiary/aromatic N) is 4. The number of hydrogen-bond donors (Lipinski definition) is 0. The zero-order chi connectivity index (χ0) is 14.0. The van der Waals surface area contributed by atoms with E-state index in [1.807, 2.05) is 21.0 Å². The smallest absolute Gasteiger partial charge is 0.328 e. The number of aromatic nitrogens is 3. The van der Waals surface area contributed by atoms with Gasteiger partial charge in [0.2, 0.25) is 11.2 Å². The maximum absolute atomic E-state index is 5.89. The molecule has 0 aliphatic carbocycles. The normalized spacial score (nSPS) is 10.4. The molecule has 0 fully saturated rings. The molecule has 0 unspecified atom stereocenters. The summed E-state index contributed by atoms with van der Waals surface area (Å²) in [6.07, 6.45) is 0. The van der Waals surface area contributed by atoms with Gasteiger partial charge in [0, 0.05) is 19.1 Å². The van der Waals surface area contributed by atoms with E-state index in [-0.39, 0.29) is 11.3 Å². The van der Waals surface area contributed by atoms with Crippen LogP contribution in [0.5, 0.6) is 11.8 Å². The largest absolute Gasteiger partial charge is 0.424 e. The summed E-state index contributed by atoms with van der Waals surface area (Å²) in [7, 11) is 3.62. The number of benzene rings is 1. The van der Waals surface area contributed by atoms with Gasteiger partial charge < -0.3 is 9.64 Å². The van der Waals surface area contributed by atoms with Gasteiger partial charge in [0.05, 0.1) is 0 Å². The summed E-state index contributed by atoms with van der Waals surface area (Å²) in [6, 6.07) is 5.44. The fourth-order valence-electron chi connectivity index (χ4n) is 1.39. The molecular formula is C12H12Cl2N4O. The van der Waals surface area contributed by atoms with Gasteiger partial charge in [-0.15, -0.1) is 0 Å². The lowest BCUT2D eigenvalue weighted by Gasteiger charge is -2.12. The van der Waals surface area contributed by atoms with E-state index in [4.69, 9.17) is 27.9 Å². The molecule has 1 aromatic heterocycles. The molecule has 0 radical (unpaired) electrons. The molecule has 0 saturated heterocycles. The van der Waals surface area contributed by atoms with Crippen LogP contribution < -0.4 is 9.64 Å². The Morgan fingerprint density at radius 2 is 1.84 bits per heavy atom. The van der Waals surface area contributed by atoms with Crippen molar-refractivity contribution < 1.29 is 4.74 Å². The first kappa shape index (κ1) is 13.8. The second-order valence-corrected chi connectivity index (χ2v) is 4.87. The Balaban J connectivity index is 2.32. The van der Waals surface area contributed by atoms with E-state index in [1.54, 1.807) is 23.1 Å². The third-order valence-corrected chi connectivity index (χ3v) is 2.72. The van der Waals surface area contributed by atoms with Crippen molar-refractivity contribution in [1.29, 1.82) is 0 Å². The van der Waals surface area contributed by atoms with E-state index in [1.165, 1.54) is 0 Å². The number of aryl methyl sites for hydroxylation is 1. The standard InChI is InChI=1S/C12H12Cl2N4O/c1-7-6-8(13)4-5-9(7)19-12-16-10(14)15-11(17-12)18(2)3/h4-6H,1-3H3. The highest BCUT2D eigenvalue weighted by atomic mass is 35.5. The first-order valence-electron chi connectivity index (χ1n) is 5.48. The number of anilines is 1. The maximum Gasteiger partial charge on any atom is 0.328 e. The zero-order valence-electron chi connectivity index (χ0n) is 10.7. The second-order valence-electron chi connectivity index (χ2n) is 4.09. The van der Waals surface area contributed by atoms with E-state index < -0.39 is 0 Å². The number of halogens is 2. The lowest BCUT2D eigenvalue weighted by molar-refractivity contribution is 0.436. The van der Waals surface area contributed by atoms with Crippen LogP contribution in [0, 0.1) is 6.92 Å². The Bertz CT molecular complexity index is 604. The fraction of sp³-hybridized carbons (Fsp3) is 0.250. The van der Waals surface area contributed by atoms with Gasteiger partial charge in [-0.25, -0.2) is 0 Å². The van der Waals surface area contributed by atoms with E-state index >= 15 is 0 Å². The van der Waals surface area contributed by atoms with Crippen molar-refractivity contribution in [3.8, 4) is 11.8 Å². The van der Waals surface area contributed by atoms with E-state index in [0.29, 0.717) is 16.7 Å². The SMILES string of the molecule is Cc1cc(Cl)ccc1Oc1nc(Cl)nc(N(C)C)n1. The van der Waals surface area contributed by atoms with Crippen molar-refractivity contribution >= 4 is 29.2 Å². The van der Waals surface area contributed by atoms with Crippen molar-refractivity contribution in [3.63, 3.8) is 0 Å². The highest BCUT2D eigenvalue weighted by Crippen LogP contribution is 2.26. The Morgan fingerprint density at radius 3 is 2.47 bits per heavy atom. The number of hydrogen-bond acceptors (Lipinski definition) is 5. The van der Waals surface area contributed by atoms with Crippen LogP contribution in [0.1, 0.15) is 5.56 Å². The predicted octanol–water partition coefficient (Wildman–Crippen LogP) is 3.35. The highest BCUT2D eigenvalue weighted by Gasteiger charge is 2.10. The zero-order valence-corrected chi connectivity index (χ0v) is 12.2. The number of ether oxygens (including phenoxy) is 1. The van der Waals surface area contributed by atoms with Crippen molar-refractivity contribution in [2.45, 2.75) is 6.92 Å². The van der Waals surface area contributed by atoms with Crippen LogP contribution in [-0.2, 0) is 0 Å². The summed E-state index contributed by atoms with van der Waals surface area (Å²) >= 11 is 11.7. The third kappa shape index (κ3) is 3.45. The van der Waals surface area contributed by atoms with E-state index in [2.05, 4.69) is 15.0 Å². The summed E-state index contributed by atoms with van der Waals surface area (Å²) in [4.78, 5) is 13.8. The molecule has 2 rings (SSSR count). The molecule has 1 aromatic carbocycles. The van der Waals surface area contributed by atoms with Gasteiger partial charge in [-0.2, -0.15) is 15.0 Å². The molecule has 7 heteroatoms. The monoisotopic (exact) mass is 298 g/mol. The summed E-state index contributed by atoms with van der Waals surface area (Å²) in [6.45, 7) is 1.89. The maximum atomic E-state index is 5.89. The molecule has 0 atom stereocenters. The summed E-state index contributed by atoms with van der Waals surface area (Å²) in [5.41, 5.74) is 0.885. The van der Waals surface area contributed by atoms with Crippen molar-refractivity contribution in [1.82, 2.24) is 15.0 Å². The topological polar surface area (TPSA) is 51.1 Å². The molecule has 0 saturated carbocycles. The van der Waals surface area contributed by atoms with Crippen LogP contribution >= 0.6 is 23.2 Å². The molecule has 5 nitrogen and oxygen atoms in total. The van der Waals surface area contributed by atoms with Gasteiger partial charge in [-0.05, 0) is 42.3 Å². The fourth-order valence-corrected chi connectivity index (χ4v) is 1.77. The van der Waals surface area contributed by atoms with E-state index in [0.717, 1.165) is 5.56 Å². The van der Waals surface area contributed by atoms with Gasteiger partial charge in [0.25, 0.3) is 0 Å². The molecule has 0 spiro atoms. The summed E-state index contributed by atoms with van der Waals surface area (Å²) < 4.78 is 5.60. The molecular weight excluding hydrogens is 287 g/mol. The average molecular weight is 299 g/mol. The molecule has 19 heavy (non-hydrogen) atoms. The van der Waals surface area contributed by atoms with Crippen LogP contribution in [0.2, 0.25) is 10.3 Å². The van der Waals surface area contributed by atoms with E-state index in [9.17, 15) is 0 Å². The van der Waals surface area contributed by atoms with Crippen LogP contribution in [0.25, 0.3) is 0 Å². The molecule has 0 aliphatic rings. The van der Waals surface area contributed by atoms with Crippen molar-refractivity contribution in [2.24, 2.45) is 0 Å². The third-order valence-electron chi connectivity index (χ3n) is 2.31. The Hall–Kier alpha value is -1.59. The molecule has 0 aliphatic heterocycles. The molecule has 100 valence electrons. The van der Waals surface area contributed by atoms with Crippen LogP contribution in [0.15, 0.2) is 18.2 Å². The minimum absolute atomic E-state index is 0.0836. The Kier molecular flexibility index (Phi) is 4.07. The lowest BCUT2D eigenvalue weighted by atomic mass is 10.2. The quantitative estimate of drug-likeness (QED) is 0.870. The predicted molar refractivity (Wildman–Crippen MR) is 75.4 cm³/mol. The van der Waals surface area contributed by atoms with Gasteiger partial charge >= 0.3 is 6.01 Å². The van der Waals surface area contributed by atoms with Gasteiger partial charge in [0.15, 0.2) is 0 Å². The second kappa shape index (κ2) is 5.59. The molecule has 2 aromatic rings. The Labute approximate surface area is 121 Å². The van der Waals surface area contributed by atoms with Crippen molar-refractivity contribution in [3.05, 3.63) is 34.1 Å². The molecule has 0 bridgehead atoms. The Morgan fingerprint density at radius 1 is 1.11 bits per heavy atom. The lowest BCUT2D eigenvalue weighted by Crippen LogP contribution is -2.13. The van der Waals surface area contributed by atoms with Crippen LogP contribution in [0.3, 0.4) is 0 Å². The summed E-state index contributed by atoms with van der Waals surface area (Å²) in [5.74, 6) is 1.05. The van der Waals surface area contributed by atoms with Crippen molar-refractivity contribution in [2.75, 3.05) is 19.0 Å². The summed E-state index contributed by atoms with van der Waals surface area (Å²) in [5, 5.41) is 0.729. The highest BCUT2D eigenvalue weighted by molar-refractivity contribution is 6.30. The van der Waals surface area contributed by atoms with Crippen LogP contribution in [-0.4, -0.2) is 29.0 Å². The average Bonchev–Trinajstić information content (AvgIpc) is 2.32. The molecule has 1 heterocycles. The molecule has 0 N–H and O–H groups in total. The molecule has 0 amide bonds. The van der Waals surface area contributed by atoms with Gasteiger partial charge in [-0.1, -0.05) is 11.6 Å². The minimum atomic E-state index is 0.0836.